The summed E-state index contributed by atoms with van der Waals surface area (Å²) in [5.74, 6) is 0.128. The van der Waals surface area contributed by atoms with E-state index in [9.17, 15) is 4.79 Å². The Morgan fingerprint density at radius 3 is 2.71 bits per heavy atom. The molecular formula is C12H17Br2NOS. The number of carbonyl (C=O) groups excluding carboxylic acids is 1. The zero-order chi connectivity index (χ0) is 12.7. The molecule has 0 aliphatic rings. The zero-order valence-corrected chi connectivity index (χ0v) is 13.8. The number of hydrogen-bond donors (Lipinski definition) is 1. The Balaban J connectivity index is 2.25. The second kappa shape index (κ2) is 7.54. The molecule has 0 aromatic carbocycles. The number of thiophene rings is 1. The van der Waals surface area contributed by atoms with Gasteiger partial charge in [0, 0.05) is 22.0 Å². The molecule has 0 saturated carbocycles. The van der Waals surface area contributed by atoms with Crippen LogP contribution in [0.25, 0.3) is 0 Å². The number of hydrogen-bond acceptors (Lipinski definition) is 2. The first-order valence-corrected chi connectivity index (χ1v) is 8.67. The minimum absolute atomic E-state index is 0.128. The Hall–Kier alpha value is 0.130. The van der Waals surface area contributed by atoms with Gasteiger partial charge in [-0.15, -0.1) is 11.3 Å². The van der Waals surface area contributed by atoms with E-state index < -0.39 is 0 Å². The van der Waals surface area contributed by atoms with Crippen molar-refractivity contribution in [1.82, 2.24) is 5.32 Å². The molecule has 1 rings (SSSR count). The highest BCUT2D eigenvalue weighted by Gasteiger charge is 2.23. The summed E-state index contributed by atoms with van der Waals surface area (Å²) in [4.78, 5) is 13.1. The van der Waals surface area contributed by atoms with Gasteiger partial charge in [0.25, 0.3) is 0 Å². The summed E-state index contributed by atoms with van der Waals surface area (Å²) < 4.78 is 0. The second-order valence-corrected chi connectivity index (χ2v) is 6.46. The Labute approximate surface area is 123 Å². The molecule has 0 unspecified atom stereocenters. The van der Waals surface area contributed by atoms with E-state index in [1.807, 2.05) is 13.0 Å². The molecule has 0 saturated heterocycles. The Bertz CT molecular complexity index is 336. The SMILES string of the molecule is CC(CBr)(CBr)NC(=O)CCCc1cccs1. The van der Waals surface area contributed by atoms with Gasteiger partial charge in [0.1, 0.15) is 0 Å². The highest BCUT2D eigenvalue weighted by molar-refractivity contribution is 9.09. The van der Waals surface area contributed by atoms with Gasteiger partial charge < -0.3 is 5.32 Å². The molecule has 0 aliphatic heterocycles. The molecule has 1 N–H and O–H groups in total. The summed E-state index contributed by atoms with van der Waals surface area (Å²) in [6.07, 6.45) is 2.49. The van der Waals surface area contributed by atoms with Gasteiger partial charge in [-0.05, 0) is 31.2 Å². The lowest BCUT2D eigenvalue weighted by Gasteiger charge is -2.26. The summed E-state index contributed by atoms with van der Waals surface area (Å²) in [5.41, 5.74) is -0.194. The van der Waals surface area contributed by atoms with Gasteiger partial charge in [-0.25, -0.2) is 0 Å². The van der Waals surface area contributed by atoms with Crippen LogP contribution in [0.15, 0.2) is 17.5 Å². The second-order valence-electron chi connectivity index (χ2n) is 4.31. The van der Waals surface area contributed by atoms with Crippen LogP contribution in [0.1, 0.15) is 24.6 Å². The number of nitrogens with one attached hydrogen (secondary N) is 1. The smallest absolute Gasteiger partial charge is 0.220 e. The summed E-state index contributed by atoms with van der Waals surface area (Å²) >= 11 is 8.58. The van der Waals surface area contributed by atoms with Crippen molar-refractivity contribution >= 4 is 49.1 Å². The molecule has 5 heteroatoms. The standard InChI is InChI=1S/C12H17Br2NOS/c1-12(8-13,9-14)15-11(16)6-2-4-10-5-3-7-17-10/h3,5,7H,2,4,6,8-9H2,1H3,(H,15,16). The lowest BCUT2D eigenvalue weighted by Crippen LogP contribution is -2.48. The first-order chi connectivity index (χ1) is 8.09. The van der Waals surface area contributed by atoms with Crippen LogP contribution >= 0.6 is 43.2 Å². The highest BCUT2D eigenvalue weighted by Crippen LogP contribution is 2.14. The van der Waals surface area contributed by atoms with Crippen molar-refractivity contribution in [3.63, 3.8) is 0 Å². The third kappa shape index (κ3) is 5.53. The molecule has 1 amide bonds. The number of alkyl halides is 2. The van der Waals surface area contributed by atoms with Gasteiger partial charge in [-0.3, -0.25) is 4.79 Å². The third-order valence-corrected chi connectivity index (χ3v) is 5.85. The Morgan fingerprint density at radius 1 is 1.47 bits per heavy atom. The fourth-order valence-electron chi connectivity index (χ4n) is 1.38. The predicted molar refractivity (Wildman–Crippen MR) is 81.4 cm³/mol. The van der Waals surface area contributed by atoms with Gasteiger partial charge in [0.15, 0.2) is 0 Å². The van der Waals surface area contributed by atoms with E-state index in [1.54, 1.807) is 11.3 Å². The van der Waals surface area contributed by atoms with Crippen LogP contribution in [0.5, 0.6) is 0 Å². The molecule has 0 atom stereocenters. The van der Waals surface area contributed by atoms with E-state index in [0.29, 0.717) is 6.42 Å². The maximum absolute atomic E-state index is 11.8. The van der Waals surface area contributed by atoms with Gasteiger partial charge in [0.05, 0.1) is 5.54 Å². The molecule has 0 fully saturated rings. The van der Waals surface area contributed by atoms with Crippen LogP contribution in [-0.4, -0.2) is 22.1 Å². The molecule has 2 nitrogen and oxygen atoms in total. The topological polar surface area (TPSA) is 29.1 Å². The first kappa shape index (κ1) is 15.2. The first-order valence-electron chi connectivity index (χ1n) is 5.55. The van der Waals surface area contributed by atoms with E-state index in [2.05, 4.69) is 48.6 Å². The van der Waals surface area contributed by atoms with E-state index in [0.717, 1.165) is 23.5 Å². The third-order valence-electron chi connectivity index (χ3n) is 2.44. The summed E-state index contributed by atoms with van der Waals surface area (Å²) in [5, 5.41) is 6.62. The summed E-state index contributed by atoms with van der Waals surface area (Å²) in [7, 11) is 0. The van der Waals surface area contributed by atoms with E-state index in [4.69, 9.17) is 0 Å². The Morgan fingerprint density at radius 2 is 2.18 bits per heavy atom. The average Bonchev–Trinajstić information content (AvgIpc) is 2.82. The number of halogens is 2. The molecule has 1 aromatic rings. The maximum atomic E-state index is 11.8. The largest absolute Gasteiger partial charge is 0.349 e. The summed E-state index contributed by atoms with van der Waals surface area (Å²) in [6.45, 7) is 2.02. The predicted octanol–water partition coefficient (Wildman–Crippen LogP) is 3.74. The molecule has 0 spiro atoms. The molecule has 0 bridgehead atoms. The molecule has 0 aliphatic carbocycles. The van der Waals surface area contributed by atoms with Crippen LogP contribution < -0.4 is 5.32 Å². The van der Waals surface area contributed by atoms with E-state index in [1.165, 1.54) is 4.88 Å². The lowest BCUT2D eigenvalue weighted by atomic mass is 10.1. The fourth-order valence-corrected chi connectivity index (χ4v) is 3.34. The monoisotopic (exact) mass is 381 g/mol. The maximum Gasteiger partial charge on any atom is 0.220 e. The minimum atomic E-state index is -0.194. The van der Waals surface area contributed by atoms with Crippen molar-refractivity contribution in [1.29, 1.82) is 0 Å². The van der Waals surface area contributed by atoms with Crippen molar-refractivity contribution in [3.05, 3.63) is 22.4 Å². The van der Waals surface area contributed by atoms with Crippen LogP contribution in [0.2, 0.25) is 0 Å². The van der Waals surface area contributed by atoms with Crippen LogP contribution in [0.4, 0.5) is 0 Å². The fraction of sp³-hybridized carbons (Fsp3) is 0.583. The van der Waals surface area contributed by atoms with Crippen LogP contribution in [-0.2, 0) is 11.2 Å². The van der Waals surface area contributed by atoms with Gasteiger partial charge in [-0.2, -0.15) is 0 Å². The Kier molecular flexibility index (Phi) is 6.74. The van der Waals surface area contributed by atoms with Crippen molar-refractivity contribution in [2.45, 2.75) is 31.7 Å². The molecule has 1 heterocycles. The van der Waals surface area contributed by atoms with E-state index in [-0.39, 0.29) is 11.4 Å². The van der Waals surface area contributed by atoms with Crippen molar-refractivity contribution in [2.75, 3.05) is 10.7 Å². The number of carbonyl (C=O) groups is 1. The number of aryl methyl sites for hydroxylation is 1. The van der Waals surface area contributed by atoms with Gasteiger partial charge in [-0.1, -0.05) is 37.9 Å². The number of amides is 1. The minimum Gasteiger partial charge on any atom is -0.349 e. The molecular weight excluding hydrogens is 366 g/mol. The van der Waals surface area contributed by atoms with Crippen LogP contribution in [0.3, 0.4) is 0 Å². The van der Waals surface area contributed by atoms with Crippen molar-refractivity contribution in [3.8, 4) is 0 Å². The molecule has 96 valence electrons. The van der Waals surface area contributed by atoms with Crippen molar-refractivity contribution < 1.29 is 4.79 Å². The normalized spacial score (nSPS) is 11.5. The zero-order valence-electron chi connectivity index (χ0n) is 9.84. The number of rotatable bonds is 7. The molecule has 17 heavy (non-hydrogen) atoms. The highest BCUT2D eigenvalue weighted by atomic mass is 79.9. The average molecular weight is 383 g/mol. The van der Waals surface area contributed by atoms with Gasteiger partial charge >= 0.3 is 0 Å². The molecule has 1 aromatic heterocycles. The van der Waals surface area contributed by atoms with E-state index >= 15 is 0 Å². The molecule has 0 radical (unpaired) electrons. The van der Waals surface area contributed by atoms with Crippen LogP contribution in [0, 0.1) is 0 Å². The lowest BCUT2D eigenvalue weighted by molar-refractivity contribution is -0.122. The quantitative estimate of drug-likeness (QED) is 0.715. The van der Waals surface area contributed by atoms with Gasteiger partial charge in [0.2, 0.25) is 5.91 Å². The summed E-state index contributed by atoms with van der Waals surface area (Å²) in [6, 6.07) is 4.16. The van der Waals surface area contributed by atoms with Crippen molar-refractivity contribution in [2.24, 2.45) is 0 Å².